The second-order valence-corrected chi connectivity index (χ2v) is 2.13. The molecule has 0 bridgehead atoms. The number of amides is 1. The topological polar surface area (TPSA) is 49.3 Å². The van der Waals surface area contributed by atoms with Crippen LogP contribution in [0.5, 0.6) is 0 Å². The molecular weight excluding hydrogens is 142 g/mol. The first kappa shape index (κ1) is 11.5. The van der Waals surface area contributed by atoms with E-state index in [-0.39, 0.29) is 18.3 Å². The first-order valence-corrected chi connectivity index (χ1v) is 2.59. The Bertz CT molecular complexity index is 85.0. The van der Waals surface area contributed by atoms with Gasteiger partial charge in [-0.15, -0.1) is 12.4 Å². The van der Waals surface area contributed by atoms with Crippen LogP contribution in [0.4, 0.5) is 0 Å². The molecule has 0 aliphatic rings. The molecule has 0 fully saturated rings. The minimum Gasteiger partial charge on any atom is -0.289 e. The van der Waals surface area contributed by atoms with E-state index in [4.69, 9.17) is 5.21 Å². The molecule has 4 heteroatoms. The molecule has 3 nitrogen and oxygen atoms in total. The SMILES string of the molecule is CC(C)CC(=O)NO.Cl. The highest BCUT2D eigenvalue weighted by molar-refractivity contribution is 5.85. The lowest BCUT2D eigenvalue weighted by Crippen LogP contribution is -2.19. The molecule has 0 aromatic rings. The van der Waals surface area contributed by atoms with Gasteiger partial charge in [0.05, 0.1) is 0 Å². The van der Waals surface area contributed by atoms with Crippen LogP contribution in [0.3, 0.4) is 0 Å². The molecule has 0 heterocycles. The number of hydrogen-bond acceptors (Lipinski definition) is 2. The molecule has 0 atom stereocenters. The van der Waals surface area contributed by atoms with Gasteiger partial charge in [-0.3, -0.25) is 10.0 Å². The van der Waals surface area contributed by atoms with Gasteiger partial charge in [-0.2, -0.15) is 0 Å². The Morgan fingerprint density at radius 2 is 2.11 bits per heavy atom. The van der Waals surface area contributed by atoms with Crippen molar-refractivity contribution >= 4 is 18.3 Å². The van der Waals surface area contributed by atoms with E-state index in [1.165, 1.54) is 0 Å². The fourth-order valence-corrected chi connectivity index (χ4v) is 0.416. The van der Waals surface area contributed by atoms with Crippen LogP contribution >= 0.6 is 12.4 Å². The minimum atomic E-state index is -0.319. The van der Waals surface area contributed by atoms with Crippen molar-refractivity contribution in [3.63, 3.8) is 0 Å². The fourth-order valence-electron chi connectivity index (χ4n) is 0.416. The first-order chi connectivity index (χ1) is 3.66. The Morgan fingerprint density at radius 3 is 2.22 bits per heavy atom. The number of rotatable bonds is 2. The Hall–Kier alpha value is -0.280. The van der Waals surface area contributed by atoms with Crippen LogP contribution in [0.15, 0.2) is 0 Å². The number of hydrogen-bond donors (Lipinski definition) is 2. The van der Waals surface area contributed by atoms with E-state index in [1.807, 2.05) is 13.8 Å². The lowest BCUT2D eigenvalue weighted by molar-refractivity contribution is -0.129. The van der Waals surface area contributed by atoms with Crippen molar-refractivity contribution in [2.24, 2.45) is 5.92 Å². The van der Waals surface area contributed by atoms with E-state index < -0.39 is 0 Å². The van der Waals surface area contributed by atoms with Gasteiger partial charge in [0.25, 0.3) is 0 Å². The molecule has 2 N–H and O–H groups in total. The maximum atomic E-state index is 10.3. The van der Waals surface area contributed by atoms with Crippen molar-refractivity contribution in [2.75, 3.05) is 0 Å². The van der Waals surface area contributed by atoms with E-state index in [2.05, 4.69) is 0 Å². The number of halogens is 1. The zero-order chi connectivity index (χ0) is 6.57. The normalized spacial score (nSPS) is 8.44. The third-order valence-corrected chi connectivity index (χ3v) is 0.718. The van der Waals surface area contributed by atoms with Crippen LogP contribution in [0.1, 0.15) is 20.3 Å². The number of carbonyl (C=O) groups excluding carboxylic acids is 1. The molecule has 0 saturated carbocycles. The van der Waals surface area contributed by atoms with Gasteiger partial charge in [0.15, 0.2) is 0 Å². The van der Waals surface area contributed by atoms with E-state index >= 15 is 0 Å². The first-order valence-electron chi connectivity index (χ1n) is 2.59. The second-order valence-electron chi connectivity index (χ2n) is 2.13. The Balaban J connectivity index is 0. The Morgan fingerprint density at radius 1 is 1.67 bits per heavy atom. The summed E-state index contributed by atoms with van der Waals surface area (Å²) in [4.78, 5) is 10.3. The largest absolute Gasteiger partial charge is 0.289 e. The standard InChI is InChI=1S/C5H11NO2.ClH/c1-4(2)3-5(7)6-8;/h4,8H,3H2,1-2H3,(H,6,7);1H. The summed E-state index contributed by atoms with van der Waals surface area (Å²) in [7, 11) is 0. The minimum absolute atomic E-state index is 0. The molecule has 0 radical (unpaired) electrons. The van der Waals surface area contributed by atoms with E-state index in [0.717, 1.165) is 0 Å². The molecule has 0 aromatic carbocycles. The van der Waals surface area contributed by atoms with Crippen molar-refractivity contribution in [3.8, 4) is 0 Å². The molecule has 9 heavy (non-hydrogen) atoms. The summed E-state index contributed by atoms with van der Waals surface area (Å²) in [5, 5.41) is 7.98. The summed E-state index contributed by atoms with van der Waals surface area (Å²) in [6.45, 7) is 3.82. The highest BCUT2D eigenvalue weighted by Gasteiger charge is 2.00. The number of hydroxylamine groups is 1. The third-order valence-electron chi connectivity index (χ3n) is 0.718. The van der Waals surface area contributed by atoms with Crippen LogP contribution < -0.4 is 5.48 Å². The van der Waals surface area contributed by atoms with E-state index in [9.17, 15) is 4.79 Å². The summed E-state index contributed by atoms with van der Waals surface area (Å²) < 4.78 is 0. The van der Waals surface area contributed by atoms with Crippen molar-refractivity contribution < 1.29 is 10.0 Å². The van der Waals surface area contributed by atoms with Crippen LogP contribution in [0, 0.1) is 5.92 Å². The molecule has 0 spiro atoms. The molecule has 0 aliphatic carbocycles. The van der Waals surface area contributed by atoms with Crippen LogP contribution in [-0.4, -0.2) is 11.1 Å². The summed E-state index contributed by atoms with van der Waals surface area (Å²) >= 11 is 0. The average molecular weight is 154 g/mol. The van der Waals surface area contributed by atoms with Gasteiger partial charge in [0.2, 0.25) is 5.91 Å². The zero-order valence-electron chi connectivity index (χ0n) is 5.55. The van der Waals surface area contributed by atoms with Crippen molar-refractivity contribution in [2.45, 2.75) is 20.3 Å². The van der Waals surface area contributed by atoms with Gasteiger partial charge >= 0.3 is 0 Å². The summed E-state index contributed by atoms with van der Waals surface area (Å²) in [5.41, 5.74) is 1.56. The van der Waals surface area contributed by atoms with Crippen molar-refractivity contribution in [1.82, 2.24) is 5.48 Å². The van der Waals surface area contributed by atoms with E-state index in [0.29, 0.717) is 12.3 Å². The zero-order valence-corrected chi connectivity index (χ0v) is 6.36. The molecule has 0 rings (SSSR count). The molecule has 0 aromatic heterocycles. The van der Waals surface area contributed by atoms with Gasteiger partial charge in [-0.05, 0) is 5.92 Å². The van der Waals surface area contributed by atoms with Crippen LogP contribution in [0.2, 0.25) is 0 Å². The maximum Gasteiger partial charge on any atom is 0.243 e. The summed E-state index contributed by atoms with van der Waals surface area (Å²) in [6, 6.07) is 0. The monoisotopic (exact) mass is 153 g/mol. The predicted octanol–water partition coefficient (Wildman–Crippen LogP) is 0.960. The highest BCUT2D eigenvalue weighted by atomic mass is 35.5. The van der Waals surface area contributed by atoms with Gasteiger partial charge in [0.1, 0.15) is 0 Å². The fraction of sp³-hybridized carbons (Fsp3) is 0.800. The molecule has 1 amide bonds. The Kier molecular flexibility index (Phi) is 7.48. The quantitative estimate of drug-likeness (QED) is 0.459. The van der Waals surface area contributed by atoms with Crippen LogP contribution in [-0.2, 0) is 4.79 Å². The third kappa shape index (κ3) is 7.72. The molecule has 0 saturated heterocycles. The second kappa shape index (κ2) is 5.85. The average Bonchev–Trinajstić information content (AvgIpc) is 1.65. The van der Waals surface area contributed by atoms with E-state index in [1.54, 1.807) is 5.48 Å². The molecule has 0 aliphatic heterocycles. The van der Waals surface area contributed by atoms with Crippen LogP contribution in [0.25, 0.3) is 0 Å². The van der Waals surface area contributed by atoms with Gasteiger partial charge in [0, 0.05) is 6.42 Å². The summed E-state index contributed by atoms with van der Waals surface area (Å²) in [5.74, 6) is -0.0119. The van der Waals surface area contributed by atoms with Crippen molar-refractivity contribution in [1.29, 1.82) is 0 Å². The van der Waals surface area contributed by atoms with Gasteiger partial charge in [-0.25, -0.2) is 5.48 Å². The lowest BCUT2D eigenvalue weighted by Gasteiger charge is -1.99. The molecular formula is C5H12ClNO2. The predicted molar refractivity (Wildman–Crippen MR) is 36.6 cm³/mol. The maximum absolute atomic E-state index is 10.3. The number of nitrogens with one attached hydrogen (secondary N) is 1. The summed E-state index contributed by atoms with van der Waals surface area (Å²) in [6.07, 6.45) is 0.385. The van der Waals surface area contributed by atoms with Gasteiger partial charge in [-0.1, -0.05) is 13.8 Å². The van der Waals surface area contributed by atoms with Crippen molar-refractivity contribution in [3.05, 3.63) is 0 Å². The smallest absolute Gasteiger partial charge is 0.243 e. The molecule has 56 valence electrons. The van der Waals surface area contributed by atoms with Gasteiger partial charge < -0.3 is 0 Å². The molecule has 0 unspecified atom stereocenters. The lowest BCUT2D eigenvalue weighted by atomic mass is 10.1. The number of carbonyl (C=O) groups is 1. The Labute approximate surface area is 60.8 Å². The highest BCUT2D eigenvalue weighted by Crippen LogP contribution is 1.96.